The molecule has 0 unspecified atom stereocenters. The number of aliphatic hydroxyl groups excluding tert-OH is 1. The molecule has 0 aliphatic carbocycles. The lowest BCUT2D eigenvalue weighted by Gasteiger charge is -2.19. The zero-order valence-electron chi connectivity index (χ0n) is 11.8. The van der Waals surface area contributed by atoms with Gasteiger partial charge in [0.2, 0.25) is 0 Å². The lowest BCUT2D eigenvalue weighted by molar-refractivity contribution is 0.187. The molecule has 0 radical (unpaired) electrons. The molecule has 2 rings (SSSR count). The highest BCUT2D eigenvalue weighted by Crippen LogP contribution is 2.10. The molecule has 0 amide bonds. The number of hydrogen-bond donors (Lipinski definition) is 1. The largest absolute Gasteiger partial charge is 0.395 e. The van der Waals surface area contributed by atoms with Crippen molar-refractivity contribution in [2.45, 2.75) is 33.2 Å². The summed E-state index contributed by atoms with van der Waals surface area (Å²) in [5.74, 6) is 0. The molecular formula is C15H23N3O. The molecule has 0 fully saturated rings. The predicted octanol–water partition coefficient (Wildman–Crippen LogP) is 2.24. The van der Waals surface area contributed by atoms with E-state index in [-0.39, 0.29) is 6.61 Å². The summed E-state index contributed by atoms with van der Waals surface area (Å²) in [4.78, 5) is 6.91. The van der Waals surface area contributed by atoms with Gasteiger partial charge in [-0.3, -0.25) is 4.90 Å². The van der Waals surface area contributed by atoms with Crippen LogP contribution in [0.1, 0.15) is 31.2 Å². The summed E-state index contributed by atoms with van der Waals surface area (Å²) in [6.45, 7) is 7.01. The first-order valence-corrected chi connectivity index (χ1v) is 7.01. The van der Waals surface area contributed by atoms with E-state index in [9.17, 15) is 0 Å². The van der Waals surface area contributed by atoms with Gasteiger partial charge in [-0.15, -0.1) is 0 Å². The second kappa shape index (κ2) is 6.68. The number of imidazole rings is 1. The summed E-state index contributed by atoms with van der Waals surface area (Å²) in [5.41, 5.74) is 3.26. The average molecular weight is 261 g/mol. The third-order valence-corrected chi connectivity index (χ3v) is 3.38. The summed E-state index contributed by atoms with van der Waals surface area (Å²) in [7, 11) is 0. The van der Waals surface area contributed by atoms with Crippen LogP contribution in [0.4, 0.5) is 0 Å². The van der Waals surface area contributed by atoms with Crippen molar-refractivity contribution >= 4 is 5.65 Å². The van der Waals surface area contributed by atoms with Crippen LogP contribution >= 0.6 is 0 Å². The molecule has 0 bridgehead atoms. The molecule has 0 saturated carbocycles. The van der Waals surface area contributed by atoms with Crippen LogP contribution in [0.25, 0.3) is 5.65 Å². The molecule has 0 spiro atoms. The monoisotopic (exact) mass is 261 g/mol. The van der Waals surface area contributed by atoms with Gasteiger partial charge in [-0.2, -0.15) is 0 Å². The SMILES string of the molecule is CCCCN(CCO)Cc1cn2c(C)cccc2n1. The van der Waals surface area contributed by atoms with E-state index in [4.69, 9.17) is 5.11 Å². The lowest BCUT2D eigenvalue weighted by Crippen LogP contribution is -2.27. The Bertz CT molecular complexity index is 521. The first-order chi connectivity index (χ1) is 9.24. The van der Waals surface area contributed by atoms with Gasteiger partial charge in [-0.1, -0.05) is 19.4 Å². The molecule has 2 aromatic heterocycles. The van der Waals surface area contributed by atoms with Crippen molar-refractivity contribution in [1.29, 1.82) is 0 Å². The van der Waals surface area contributed by atoms with Crippen LogP contribution in [0, 0.1) is 6.92 Å². The van der Waals surface area contributed by atoms with E-state index in [1.54, 1.807) is 0 Å². The number of fused-ring (bicyclic) bond motifs is 1. The van der Waals surface area contributed by atoms with Crippen molar-refractivity contribution in [3.8, 4) is 0 Å². The Hall–Kier alpha value is -1.39. The zero-order valence-corrected chi connectivity index (χ0v) is 11.8. The fraction of sp³-hybridized carbons (Fsp3) is 0.533. The summed E-state index contributed by atoms with van der Waals surface area (Å²) in [6, 6.07) is 6.14. The molecule has 0 atom stereocenters. The van der Waals surface area contributed by atoms with E-state index in [1.165, 1.54) is 12.1 Å². The highest BCUT2D eigenvalue weighted by atomic mass is 16.3. The summed E-state index contributed by atoms with van der Waals surface area (Å²) in [5, 5.41) is 9.13. The molecule has 1 N–H and O–H groups in total. The van der Waals surface area contributed by atoms with Gasteiger partial charge in [-0.05, 0) is 32.0 Å². The molecule has 104 valence electrons. The van der Waals surface area contributed by atoms with Crippen LogP contribution in [0.2, 0.25) is 0 Å². The first kappa shape index (κ1) is 14.0. The molecule has 0 aliphatic rings. The average Bonchev–Trinajstić information content (AvgIpc) is 2.80. The maximum Gasteiger partial charge on any atom is 0.137 e. The van der Waals surface area contributed by atoms with Crippen LogP contribution in [0.15, 0.2) is 24.4 Å². The van der Waals surface area contributed by atoms with E-state index in [0.717, 1.165) is 30.9 Å². The van der Waals surface area contributed by atoms with Gasteiger partial charge >= 0.3 is 0 Å². The van der Waals surface area contributed by atoms with Crippen molar-refractivity contribution in [3.05, 3.63) is 35.8 Å². The quantitative estimate of drug-likeness (QED) is 0.831. The third-order valence-electron chi connectivity index (χ3n) is 3.38. The Labute approximate surface area is 114 Å². The van der Waals surface area contributed by atoms with Gasteiger partial charge in [0.15, 0.2) is 0 Å². The number of unbranched alkanes of at least 4 members (excludes halogenated alkanes) is 1. The lowest BCUT2D eigenvalue weighted by atomic mass is 10.3. The molecular weight excluding hydrogens is 238 g/mol. The number of hydrogen-bond acceptors (Lipinski definition) is 3. The van der Waals surface area contributed by atoms with Gasteiger partial charge in [0, 0.05) is 25.0 Å². The Morgan fingerprint density at radius 2 is 2.16 bits per heavy atom. The van der Waals surface area contributed by atoms with Gasteiger partial charge < -0.3 is 9.51 Å². The van der Waals surface area contributed by atoms with Crippen LogP contribution in [-0.2, 0) is 6.54 Å². The Kier molecular flexibility index (Phi) is 4.93. The number of aryl methyl sites for hydroxylation is 1. The minimum Gasteiger partial charge on any atom is -0.395 e. The van der Waals surface area contributed by atoms with Gasteiger partial charge in [0.25, 0.3) is 0 Å². The second-order valence-electron chi connectivity index (χ2n) is 4.98. The van der Waals surface area contributed by atoms with Gasteiger partial charge in [0.1, 0.15) is 5.65 Å². The molecule has 19 heavy (non-hydrogen) atoms. The van der Waals surface area contributed by atoms with Crippen molar-refractivity contribution < 1.29 is 5.11 Å². The molecule has 4 heteroatoms. The topological polar surface area (TPSA) is 40.8 Å². The van der Waals surface area contributed by atoms with Crippen LogP contribution in [0.3, 0.4) is 0 Å². The number of nitrogens with zero attached hydrogens (tertiary/aromatic N) is 3. The first-order valence-electron chi connectivity index (χ1n) is 7.01. The van der Waals surface area contributed by atoms with Crippen LogP contribution in [-0.4, -0.2) is 39.1 Å². The van der Waals surface area contributed by atoms with Crippen molar-refractivity contribution in [1.82, 2.24) is 14.3 Å². The maximum absolute atomic E-state index is 9.13. The van der Waals surface area contributed by atoms with Crippen molar-refractivity contribution in [2.75, 3.05) is 19.7 Å². The smallest absolute Gasteiger partial charge is 0.137 e. The summed E-state index contributed by atoms with van der Waals surface area (Å²) in [6.07, 6.45) is 4.43. The standard InChI is InChI=1S/C15H23N3O/c1-3-4-8-17(9-10-19)11-14-12-18-13(2)6-5-7-15(18)16-14/h5-7,12,19H,3-4,8-11H2,1-2H3. The van der Waals surface area contributed by atoms with Gasteiger partial charge in [-0.25, -0.2) is 4.98 Å². The Morgan fingerprint density at radius 1 is 1.32 bits per heavy atom. The molecule has 2 heterocycles. The van der Waals surface area contributed by atoms with Crippen LogP contribution < -0.4 is 0 Å². The summed E-state index contributed by atoms with van der Waals surface area (Å²) < 4.78 is 2.12. The van der Waals surface area contributed by atoms with E-state index in [2.05, 4.69) is 40.4 Å². The number of aromatic nitrogens is 2. The fourth-order valence-electron chi connectivity index (χ4n) is 2.30. The molecule has 0 saturated heterocycles. The highest BCUT2D eigenvalue weighted by molar-refractivity contribution is 5.41. The van der Waals surface area contributed by atoms with E-state index >= 15 is 0 Å². The third kappa shape index (κ3) is 3.55. The fourth-order valence-corrected chi connectivity index (χ4v) is 2.30. The number of rotatable bonds is 7. The van der Waals surface area contributed by atoms with Gasteiger partial charge in [0.05, 0.1) is 12.3 Å². The number of aliphatic hydroxyl groups is 1. The van der Waals surface area contributed by atoms with Crippen molar-refractivity contribution in [3.63, 3.8) is 0 Å². The van der Waals surface area contributed by atoms with E-state index in [0.29, 0.717) is 6.54 Å². The minimum absolute atomic E-state index is 0.204. The Balaban J connectivity index is 2.12. The maximum atomic E-state index is 9.13. The van der Waals surface area contributed by atoms with Crippen LogP contribution in [0.5, 0.6) is 0 Å². The normalized spacial score (nSPS) is 11.6. The molecule has 0 aliphatic heterocycles. The van der Waals surface area contributed by atoms with E-state index < -0.39 is 0 Å². The predicted molar refractivity (Wildman–Crippen MR) is 77.2 cm³/mol. The Morgan fingerprint density at radius 3 is 2.84 bits per heavy atom. The highest BCUT2D eigenvalue weighted by Gasteiger charge is 2.08. The second-order valence-corrected chi connectivity index (χ2v) is 4.98. The summed E-state index contributed by atoms with van der Waals surface area (Å²) >= 11 is 0. The van der Waals surface area contributed by atoms with Crippen molar-refractivity contribution in [2.24, 2.45) is 0 Å². The molecule has 2 aromatic rings. The molecule has 0 aromatic carbocycles. The minimum atomic E-state index is 0.204. The van der Waals surface area contributed by atoms with E-state index in [1.807, 2.05) is 12.1 Å². The number of pyridine rings is 1. The zero-order chi connectivity index (χ0) is 13.7. The molecule has 4 nitrogen and oxygen atoms in total.